The zero-order valence-electron chi connectivity index (χ0n) is 6.42. The standard InChI is InChI=1S/C8H13NO2/c10-8(11)7-5-1-2-6(7)4-9-3-5/h5-7,9H,1-4H2,(H,10,11). The average Bonchev–Trinajstić information content (AvgIpc) is 2.23. The molecular weight excluding hydrogens is 142 g/mol. The van der Waals surface area contributed by atoms with Gasteiger partial charge in [-0.1, -0.05) is 0 Å². The van der Waals surface area contributed by atoms with Crippen LogP contribution in [-0.4, -0.2) is 24.2 Å². The number of aliphatic carboxylic acids is 1. The van der Waals surface area contributed by atoms with Crippen LogP contribution >= 0.6 is 0 Å². The lowest BCUT2D eigenvalue weighted by Crippen LogP contribution is -2.41. The van der Waals surface area contributed by atoms with E-state index in [2.05, 4.69) is 5.32 Å². The molecule has 3 heteroatoms. The largest absolute Gasteiger partial charge is 0.481 e. The van der Waals surface area contributed by atoms with Crippen molar-refractivity contribution in [2.45, 2.75) is 12.8 Å². The second-order valence-corrected chi connectivity index (χ2v) is 3.62. The summed E-state index contributed by atoms with van der Waals surface area (Å²) in [6.07, 6.45) is 2.21. The molecule has 0 amide bonds. The molecule has 1 heterocycles. The topological polar surface area (TPSA) is 49.3 Å². The third-order valence-electron chi connectivity index (χ3n) is 3.02. The number of hydrogen-bond donors (Lipinski definition) is 2. The van der Waals surface area contributed by atoms with Gasteiger partial charge in [-0.2, -0.15) is 0 Å². The van der Waals surface area contributed by atoms with E-state index in [1.165, 1.54) is 0 Å². The summed E-state index contributed by atoms with van der Waals surface area (Å²) >= 11 is 0. The lowest BCUT2D eigenvalue weighted by atomic mass is 9.86. The van der Waals surface area contributed by atoms with E-state index >= 15 is 0 Å². The fourth-order valence-electron chi connectivity index (χ4n) is 2.49. The van der Waals surface area contributed by atoms with Crippen LogP contribution in [0.1, 0.15) is 12.8 Å². The molecule has 2 unspecified atom stereocenters. The Balaban J connectivity index is 2.15. The highest BCUT2D eigenvalue weighted by Gasteiger charge is 2.43. The Bertz CT molecular complexity index is 165. The number of carbonyl (C=O) groups is 1. The van der Waals surface area contributed by atoms with Gasteiger partial charge < -0.3 is 10.4 Å². The van der Waals surface area contributed by atoms with Gasteiger partial charge in [0.1, 0.15) is 0 Å². The first-order valence-electron chi connectivity index (χ1n) is 4.22. The van der Waals surface area contributed by atoms with Crippen molar-refractivity contribution in [3.05, 3.63) is 0 Å². The van der Waals surface area contributed by atoms with Crippen molar-refractivity contribution < 1.29 is 9.90 Å². The van der Waals surface area contributed by atoms with Crippen molar-refractivity contribution in [3.63, 3.8) is 0 Å². The number of carboxylic acids is 1. The van der Waals surface area contributed by atoms with E-state index in [-0.39, 0.29) is 5.92 Å². The van der Waals surface area contributed by atoms with Crippen molar-refractivity contribution in [1.29, 1.82) is 0 Å². The first-order chi connectivity index (χ1) is 5.29. The van der Waals surface area contributed by atoms with Crippen molar-refractivity contribution in [2.24, 2.45) is 17.8 Å². The maximum absolute atomic E-state index is 10.8. The minimum Gasteiger partial charge on any atom is -0.481 e. The van der Waals surface area contributed by atoms with Crippen LogP contribution in [0.2, 0.25) is 0 Å². The van der Waals surface area contributed by atoms with Crippen LogP contribution in [0, 0.1) is 17.8 Å². The van der Waals surface area contributed by atoms with Gasteiger partial charge in [-0.15, -0.1) is 0 Å². The van der Waals surface area contributed by atoms with E-state index in [1.54, 1.807) is 0 Å². The Morgan fingerprint density at radius 3 is 2.18 bits per heavy atom. The summed E-state index contributed by atoms with van der Waals surface area (Å²) < 4.78 is 0. The number of nitrogens with one attached hydrogen (secondary N) is 1. The molecule has 2 rings (SSSR count). The third-order valence-corrected chi connectivity index (χ3v) is 3.02. The van der Waals surface area contributed by atoms with Gasteiger partial charge in [0.15, 0.2) is 0 Å². The molecule has 2 bridgehead atoms. The SMILES string of the molecule is O=C(O)C1C2CCC1CNC2. The Labute approximate surface area is 65.8 Å². The molecule has 1 saturated carbocycles. The van der Waals surface area contributed by atoms with Crippen LogP contribution in [0.3, 0.4) is 0 Å². The molecule has 1 aliphatic carbocycles. The van der Waals surface area contributed by atoms with Gasteiger partial charge in [0.05, 0.1) is 5.92 Å². The molecule has 2 atom stereocenters. The predicted molar refractivity (Wildman–Crippen MR) is 40.2 cm³/mol. The lowest BCUT2D eigenvalue weighted by Gasteiger charge is -2.26. The highest BCUT2D eigenvalue weighted by Crippen LogP contribution is 2.38. The highest BCUT2D eigenvalue weighted by molar-refractivity contribution is 5.71. The summed E-state index contributed by atoms with van der Waals surface area (Å²) in [5.74, 6) is 0.188. The second-order valence-electron chi connectivity index (χ2n) is 3.62. The van der Waals surface area contributed by atoms with E-state index in [0.717, 1.165) is 25.9 Å². The molecule has 1 saturated heterocycles. The van der Waals surface area contributed by atoms with Crippen LogP contribution in [0.15, 0.2) is 0 Å². The summed E-state index contributed by atoms with van der Waals surface area (Å²) in [6, 6.07) is 0. The Kier molecular flexibility index (Phi) is 1.60. The predicted octanol–water partition coefficient (Wildman–Crippen LogP) is 0.317. The molecule has 0 radical (unpaired) electrons. The molecule has 3 nitrogen and oxygen atoms in total. The summed E-state index contributed by atoms with van der Waals surface area (Å²) in [7, 11) is 0. The first-order valence-corrected chi connectivity index (χ1v) is 4.22. The molecule has 2 N–H and O–H groups in total. The Hall–Kier alpha value is -0.570. The zero-order chi connectivity index (χ0) is 7.84. The minimum atomic E-state index is -0.584. The van der Waals surface area contributed by atoms with Gasteiger partial charge in [0, 0.05) is 0 Å². The van der Waals surface area contributed by atoms with E-state index in [1.807, 2.05) is 0 Å². The number of hydrogen-bond acceptors (Lipinski definition) is 2. The summed E-state index contributed by atoms with van der Waals surface area (Å²) in [6.45, 7) is 1.82. The quantitative estimate of drug-likeness (QED) is 0.573. The van der Waals surface area contributed by atoms with Gasteiger partial charge >= 0.3 is 5.97 Å². The zero-order valence-corrected chi connectivity index (χ0v) is 6.42. The number of carboxylic acid groups (broad SMARTS) is 1. The highest BCUT2D eigenvalue weighted by atomic mass is 16.4. The van der Waals surface area contributed by atoms with Gasteiger partial charge in [-0.05, 0) is 37.8 Å². The van der Waals surface area contributed by atoms with E-state index in [9.17, 15) is 4.79 Å². The molecule has 0 spiro atoms. The summed E-state index contributed by atoms with van der Waals surface area (Å²) in [4.78, 5) is 10.8. The molecule has 0 aromatic heterocycles. The number of rotatable bonds is 1. The van der Waals surface area contributed by atoms with Crippen LogP contribution in [0.25, 0.3) is 0 Å². The van der Waals surface area contributed by atoms with Crippen LogP contribution in [0.4, 0.5) is 0 Å². The first kappa shape index (κ1) is 7.10. The fraction of sp³-hybridized carbons (Fsp3) is 0.875. The lowest BCUT2D eigenvalue weighted by molar-refractivity contribution is -0.145. The monoisotopic (exact) mass is 155 g/mol. The Morgan fingerprint density at radius 1 is 1.27 bits per heavy atom. The van der Waals surface area contributed by atoms with Crippen molar-refractivity contribution in [1.82, 2.24) is 5.32 Å². The van der Waals surface area contributed by atoms with Crippen molar-refractivity contribution >= 4 is 5.97 Å². The maximum atomic E-state index is 10.8. The van der Waals surface area contributed by atoms with E-state index in [0.29, 0.717) is 11.8 Å². The van der Waals surface area contributed by atoms with Crippen LogP contribution in [-0.2, 0) is 4.79 Å². The van der Waals surface area contributed by atoms with Crippen molar-refractivity contribution in [3.8, 4) is 0 Å². The Morgan fingerprint density at radius 2 is 1.82 bits per heavy atom. The van der Waals surface area contributed by atoms with Gasteiger partial charge in [-0.25, -0.2) is 0 Å². The van der Waals surface area contributed by atoms with Crippen molar-refractivity contribution in [2.75, 3.05) is 13.1 Å². The number of piperidine rings is 1. The summed E-state index contributed by atoms with van der Waals surface area (Å²) in [5, 5.41) is 12.2. The van der Waals surface area contributed by atoms with E-state index in [4.69, 9.17) is 5.11 Å². The third kappa shape index (κ3) is 1.03. The molecule has 0 aromatic carbocycles. The fourth-order valence-corrected chi connectivity index (χ4v) is 2.49. The van der Waals surface area contributed by atoms with Gasteiger partial charge in [0.25, 0.3) is 0 Å². The molecule has 2 aliphatic rings. The smallest absolute Gasteiger partial charge is 0.307 e. The average molecular weight is 155 g/mol. The molecule has 2 fully saturated rings. The summed E-state index contributed by atoms with van der Waals surface area (Å²) in [5.41, 5.74) is 0. The molecule has 0 aromatic rings. The molecule has 11 heavy (non-hydrogen) atoms. The normalized spacial score (nSPS) is 42.4. The van der Waals surface area contributed by atoms with Crippen LogP contribution in [0.5, 0.6) is 0 Å². The minimum absolute atomic E-state index is 0.0451. The molecular formula is C8H13NO2. The van der Waals surface area contributed by atoms with Gasteiger partial charge in [0.2, 0.25) is 0 Å². The van der Waals surface area contributed by atoms with Gasteiger partial charge in [-0.3, -0.25) is 4.79 Å². The maximum Gasteiger partial charge on any atom is 0.307 e. The van der Waals surface area contributed by atoms with E-state index < -0.39 is 5.97 Å². The number of fused-ring (bicyclic) bond motifs is 2. The second kappa shape index (κ2) is 2.48. The molecule has 1 aliphatic heterocycles. The van der Waals surface area contributed by atoms with Crippen LogP contribution < -0.4 is 5.32 Å². The molecule has 62 valence electrons.